The van der Waals surface area contributed by atoms with Gasteiger partial charge in [0, 0.05) is 51.9 Å². The number of aliphatic carboxylic acids is 1. The lowest BCUT2D eigenvalue weighted by molar-refractivity contribution is -0.698. The van der Waals surface area contributed by atoms with Crippen molar-refractivity contribution in [2.45, 2.75) is 28.1 Å². The van der Waals surface area contributed by atoms with Crippen LogP contribution < -0.4 is 26.2 Å². The summed E-state index contributed by atoms with van der Waals surface area (Å²) < 4.78 is 7.33. The Labute approximate surface area is 304 Å². The summed E-state index contributed by atoms with van der Waals surface area (Å²) >= 11 is 4.91. The van der Waals surface area contributed by atoms with Gasteiger partial charge in [-0.15, -0.1) is 45.1 Å². The Morgan fingerprint density at radius 3 is 2.78 bits per heavy atom. The van der Waals surface area contributed by atoms with Crippen LogP contribution in [0.25, 0.3) is 11.6 Å². The molecule has 0 radical (unpaired) electrons. The maximum absolute atomic E-state index is 13.4. The number of aromatic amines is 1. The molecular weight excluding hydrogens is 747 g/mol. The Balaban J connectivity index is 1.07. The molecule has 2 atom stereocenters. The molecule has 0 unspecified atom stereocenters. The highest BCUT2D eigenvalue weighted by Crippen LogP contribution is 2.41. The number of nitrogens with two attached hydrogens (primary N) is 1. The van der Waals surface area contributed by atoms with Crippen LogP contribution in [-0.2, 0) is 25.8 Å². The van der Waals surface area contributed by atoms with Gasteiger partial charge >= 0.3 is 0 Å². The molecule has 4 aromatic heterocycles. The Bertz CT molecular complexity index is 2070. The van der Waals surface area contributed by atoms with Crippen molar-refractivity contribution in [3.63, 3.8) is 0 Å². The number of aliphatic hydroxyl groups is 1. The fourth-order valence-corrected chi connectivity index (χ4v) is 8.29. The van der Waals surface area contributed by atoms with Crippen LogP contribution in [0.1, 0.15) is 5.69 Å². The molecule has 6 rings (SSSR count). The van der Waals surface area contributed by atoms with Gasteiger partial charge in [0.25, 0.3) is 22.9 Å². The maximum atomic E-state index is 13.4. The average molecular weight is 774 g/mol. The zero-order valence-corrected chi connectivity index (χ0v) is 29.4. The molecule has 6 heterocycles. The van der Waals surface area contributed by atoms with Crippen molar-refractivity contribution >= 4 is 75.2 Å². The summed E-state index contributed by atoms with van der Waals surface area (Å²) in [5.41, 5.74) is 5.57. The molecule has 1 saturated heterocycles. The Kier molecular flexibility index (Phi) is 11.2. The molecule has 2 aliphatic rings. The Morgan fingerprint density at radius 2 is 2.08 bits per heavy atom. The van der Waals surface area contributed by atoms with Crippen LogP contribution in [0.15, 0.2) is 77.9 Å². The molecule has 266 valence electrons. The van der Waals surface area contributed by atoms with Crippen LogP contribution in [0, 0.1) is 0 Å². The molecule has 0 saturated carbocycles. The molecule has 0 bridgehead atoms. The van der Waals surface area contributed by atoms with Crippen LogP contribution >= 0.6 is 46.6 Å². The average Bonchev–Trinajstić information content (AvgIpc) is 3.78. The van der Waals surface area contributed by atoms with E-state index in [0.29, 0.717) is 23.6 Å². The normalized spacial score (nSPS) is 17.2. The number of pyridine rings is 2. The molecule has 1 fully saturated rings. The molecule has 22 heteroatoms. The lowest BCUT2D eigenvalue weighted by Crippen LogP contribution is -2.71. The number of rotatable bonds is 15. The van der Waals surface area contributed by atoms with Crippen molar-refractivity contribution < 1.29 is 43.5 Å². The minimum atomic E-state index is -1.48. The topological polar surface area (TPSA) is 266 Å². The number of aliphatic hydroxyl groups excluding tert-OH is 1. The number of carbonyl (C=O) groups is 3. The molecule has 51 heavy (non-hydrogen) atoms. The van der Waals surface area contributed by atoms with Gasteiger partial charge in [0.1, 0.15) is 36.0 Å². The maximum Gasteiger partial charge on any atom is 0.277 e. The number of β-lactam (4-membered cyclic amide) rings is 1. The third-order valence-corrected chi connectivity index (χ3v) is 11.1. The summed E-state index contributed by atoms with van der Waals surface area (Å²) in [6, 6.07) is 3.77. The van der Waals surface area contributed by atoms with Crippen molar-refractivity contribution in [2.24, 2.45) is 5.16 Å². The number of amides is 2. The summed E-state index contributed by atoms with van der Waals surface area (Å²) in [5, 5.41) is 46.2. The molecule has 6 N–H and O–H groups in total. The molecular formula is C29H27N9O9S4. The largest absolute Gasteiger partial charge is 0.543 e. The lowest BCUT2D eigenvalue weighted by atomic mass is 10.0. The first kappa shape index (κ1) is 35.9. The number of carboxylic acid groups (broad SMARTS) is 1. The second-order valence-electron chi connectivity index (χ2n) is 10.5. The number of carbonyl (C=O) groups excluding carboxylic acids is 3. The predicted octanol–water partition coefficient (Wildman–Crippen LogP) is -0.842. The summed E-state index contributed by atoms with van der Waals surface area (Å²) in [5.74, 6) is -2.43. The number of oxime groups is 1. The Morgan fingerprint density at radius 1 is 1.27 bits per heavy atom. The van der Waals surface area contributed by atoms with Gasteiger partial charge in [-0.3, -0.25) is 19.3 Å². The van der Waals surface area contributed by atoms with Gasteiger partial charge in [0.15, 0.2) is 35.5 Å². The highest BCUT2D eigenvalue weighted by atomic mass is 32.2. The molecule has 18 nitrogen and oxygen atoms in total. The second kappa shape index (κ2) is 16.0. The van der Waals surface area contributed by atoms with Crippen molar-refractivity contribution in [1.82, 2.24) is 30.4 Å². The van der Waals surface area contributed by atoms with E-state index >= 15 is 0 Å². The zero-order valence-electron chi connectivity index (χ0n) is 26.1. The number of hydrogen-bond acceptors (Lipinski definition) is 18. The molecule has 2 amide bonds. The van der Waals surface area contributed by atoms with Crippen molar-refractivity contribution in [3.8, 4) is 17.3 Å². The van der Waals surface area contributed by atoms with E-state index in [1.165, 1.54) is 28.9 Å². The van der Waals surface area contributed by atoms with Gasteiger partial charge in [-0.1, -0.05) is 16.9 Å². The fourth-order valence-electron chi connectivity index (χ4n) is 4.81. The van der Waals surface area contributed by atoms with Crippen LogP contribution in [0.4, 0.5) is 5.13 Å². The minimum absolute atomic E-state index is 0.00526. The first-order valence-electron chi connectivity index (χ1n) is 14.8. The number of aromatic nitrogens is 5. The van der Waals surface area contributed by atoms with E-state index in [1.807, 2.05) is 29.1 Å². The van der Waals surface area contributed by atoms with E-state index in [0.717, 1.165) is 45.2 Å². The van der Waals surface area contributed by atoms with Crippen LogP contribution in [-0.4, -0.2) is 101 Å². The zero-order chi connectivity index (χ0) is 36.1. The molecule has 4 aromatic rings. The molecule has 0 aliphatic carbocycles. The van der Waals surface area contributed by atoms with Crippen molar-refractivity contribution in [2.75, 3.05) is 36.2 Å². The summed E-state index contributed by atoms with van der Waals surface area (Å²) in [7, 11) is 0. The van der Waals surface area contributed by atoms with E-state index in [2.05, 4.69) is 30.6 Å². The van der Waals surface area contributed by atoms with Crippen molar-refractivity contribution in [1.29, 1.82) is 0 Å². The highest BCUT2D eigenvalue weighted by molar-refractivity contribution is 8.01. The van der Waals surface area contributed by atoms with Crippen LogP contribution in [0.2, 0.25) is 0 Å². The van der Waals surface area contributed by atoms with Crippen molar-refractivity contribution in [3.05, 3.63) is 69.4 Å². The van der Waals surface area contributed by atoms with Gasteiger partial charge in [0.2, 0.25) is 5.43 Å². The summed E-state index contributed by atoms with van der Waals surface area (Å²) in [6.07, 6.45) is 4.73. The number of nitrogen functional groups attached to an aromatic ring is 1. The number of hydrogen-bond donors (Lipinski definition) is 5. The second-order valence-corrected chi connectivity index (χ2v) is 14.6. The molecule has 2 aliphatic heterocycles. The quantitative estimate of drug-likeness (QED) is 0.0246. The summed E-state index contributed by atoms with van der Waals surface area (Å²) in [6.45, 7) is 0.440. The highest BCUT2D eigenvalue weighted by Gasteiger charge is 2.53. The number of H-pyrrole nitrogens is 1. The number of nitrogens with one attached hydrogen (secondary N) is 2. The number of thiazole rings is 1. The number of thioether (sulfide) groups is 3. The third kappa shape index (κ3) is 8.20. The smallest absolute Gasteiger partial charge is 0.277 e. The number of anilines is 1. The lowest BCUT2D eigenvalue weighted by Gasteiger charge is -2.50. The predicted molar refractivity (Wildman–Crippen MR) is 183 cm³/mol. The Hall–Kier alpha value is -4.90. The SMILES string of the molecule is Nc1nc(/C(=N/OCCSc2nnc(-c3cc(=O)c(O)c[nH]3)o2)C(=O)N[C@@H]2C(=O)N3C(C(=O)[O-])=C(CSc4cc[n+](CCO)cc4)CS[C@H]23)cs1. The number of fused-ring (bicyclic) bond motifs is 1. The van der Waals surface area contributed by atoms with Gasteiger partial charge in [-0.2, -0.15) is 0 Å². The number of carboxylic acids is 1. The van der Waals surface area contributed by atoms with E-state index in [-0.39, 0.29) is 58.0 Å². The van der Waals surface area contributed by atoms with Gasteiger partial charge in [0.05, 0.1) is 11.7 Å². The van der Waals surface area contributed by atoms with E-state index in [1.54, 1.807) is 0 Å². The first-order valence-corrected chi connectivity index (χ1v) is 18.7. The molecule has 0 spiro atoms. The summed E-state index contributed by atoms with van der Waals surface area (Å²) in [4.78, 5) is 64.8. The van der Waals surface area contributed by atoms with Crippen LogP contribution in [0.5, 0.6) is 5.75 Å². The minimum Gasteiger partial charge on any atom is -0.543 e. The van der Waals surface area contributed by atoms with Gasteiger partial charge in [-0.05, 0) is 5.57 Å². The fraction of sp³-hybridized carbons (Fsp3) is 0.276. The van der Waals surface area contributed by atoms with E-state index in [4.69, 9.17) is 20.1 Å². The number of aromatic hydroxyl groups is 1. The monoisotopic (exact) mass is 773 g/mol. The van der Waals surface area contributed by atoms with E-state index < -0.39 is 40.4 Å². The first-order chi connectivity index (χ1) is 24.6. The number of nitrogens with zero attached hydrogens (tertiary/aromatic N) is 6. The molecule has 0 aromatic carbocycles. The van der Waals surface area contributed by atoms with Crippen LogP contribution in [0.3, 0.4) is 0 Å². The standard InChI is InChI=1S/C29H27N9O9S4/c30-28-32-17(13-51-28)20(36-46-7-8-48-29-35-34-24(47-29)16-9-18(40)19(41)10-31-16)23(42)33-21-25(43)38-22(27(44)45)14(12-50-26(21)38)11-49-15-1-3-37(4-2-15)5-6-39/h1-4,9-10,13,21,26,39H,5-8,11-12H2,(H5-,30,31,32,33,34,36,40,41,42,44,45)/t21-,26-/m1/s1. The third-order valence-electron chi connectivity index (χ3n) is 7.22. The van der Waals surface area contributed by atoms with E-state index in [9.17, 15) is 29.4 Å². The van der Waals surface area contributed by atoms with Gasteiger partial charge < -0.3 is 45.4 Å². The van der Waals surface area contributed by atoms with Gasteiger partial charge in [-0.25, -0.2) is 9.55 Å².